The molecule has 0 saturated carbocycles. The van der Waals surface area contributed by atoms with Crippen LogP contribution in [0.15, 0.2) is 36.4 Å². The van der Waals surface area contributed by atoms with Gasteiger partial charge in [0.1, 0.15) is 11.5 Å². The summed E-state index contributed by atoms with van der Waals surface area (Å²) in [6, 6.07) is 11.7. The molecule has 1 aliphatic rings. The molecule has 0 N–H and O–H groups in total. The van der Waals surface area contributed by atoms with Gasteiger partial charge in [0.15, 0.2) is 11.5 Å². The van der Waals surface area contributed by atoms with Gasteiger partial charge in [0, 0.05) is 11.4 Å². The summed E-state index contributed by atoms with van der Waals surface area (Å²) < 4.78 is 16.5. The third-order valence-electron chi connectivity index (χ3n) is 2.97. The average molecular weight is 321 g/mol. The minimum atomic E-state index is 0.276. The molecule has 0 spiro atoms. The van der Waals surface area contributed by atoms with Crippen LogP contribution >= 0.6 is 15.9 Å². The zero-order chi connectivity index (χ0) is 13.2. The Kier molecular flexibility index (Phi) is 3.34. The maximum absolute atomic E-state index is 5.88. The molecule has 0 aliphatic carbocycles. The summed E-state index contributed by atoms with van der Waals surface area (Å²) in [5.41, 5.74) is 2.34. The molecule has 1 heterocycles. The number of alkyl halides is 1. The van der Waals surface area contributed by atoms with Gasteiger partial charge in [0.2, 0.25) is 6.79 Å². The molecule has 19 heavy (non-hydrogen) atoms. The predicted octanol–water partition coefficient (Wildman–Crippen LogP) is 4.41. The summed E-state index contributed by atoms with van der Waals surface area (Å²) in [6.07, 6.45) is 0. The normalized spacial score (nSPS) is 12.5. The van der Waals surface area contributed by atoms with Gasteiger partial charge in [-0.05, 0) is 36.2 Å². The van der Waals surface area contributed by atoms with Crippen molar-refractivity contribution in [1.82, 2.24) is 0 Å². The Labute approximate surface area is 120 Å². The number of halogens is 1. The first kappa shape index (κ1) is 12.4. The van der Waals surface area contributed by atoms with Crippen molar-refractivity contribution >= 4 is 15.9 Å². The van der Waals surface area contributed by atoms with E-state index >= 15 is 0 Å². The molecule has 0 amide bonds. The molecule has 1 aliphatic heterocycles. The van der Waals surface area contributed by atoms with Crippen LogP contribution in [0.3, 0.4) is 0 Å². The number of benzene rings is 2. The van der Waals surface area contributed by atoms with Crippen molar-refractivity contribution in [3.63, 3.8) is 0 Å². The molecule has 0 fully saturated rings. The summed E-state index contributed by atoms with van der Waals surface area (Å²) in [5.74, 6) is 3.09. The summed E-state index contributed by atoms with van der Waals surface area (Å²) in [4.78, 5) is 0. The Morgan fingerprint density at radius 3 is 2.74 bits per heavy atom. The molecule has 0 atom stereocenters. The lowest BCUT2D eigenvalue weighted by Gasteiger charge is -2.10. The maximum atomic E-state index is 5.88. The van der Waals surface area contributed by atoms with Gasteiger partial charge in [0.25, 0.3) is 0 Å². The Balaban J connectivity index is 1.85. The first-order chi connectivity index (χ1) is 9.26. The van der Waals surface area contributed by atoms with Crippen molar-refractivity contribution in [2.75, 3.05) is 6.79 Å². The van der Waals surface area contributed by atoms with Gasteiger partial charge < -0.3 is 14.2 Å². The van der Waals surface area contributed by atoms with Crippen molar-refractivity contribution < 1.29 is 14.2 Å². The van der Waals surface area contributed by atoms with Gasteiger partial charge in [-0.1, -0.05) is 28.1 Å². The lowest BCUT2D eigenvalue weighted by atomic mass is 10.1. The Morgan fingerprint density at radius 2 is 1.95 bits per heavy atom. The average Bonchev–Trinajstić information content (AvgIpc) is 2.88. The van der Waals surface area contributed by atoms with Gasteiger partial charge in [-0.3, -0.25) is 0 Å². The Morgan fingerprint density at radius 1 is 1.11 bits per heavy atom. The fourth-order valence-corrected chi connectivity index (χ4v) is 2.33. The molecule has 3 rings (SSSR count). The van der Waals surface area contributed by atoms with Gasteiger partial charge in [-0.25, -0.2) is 0 Å². The molecule has 0 radical (unpaired) electrons. The van der Waals surface area contributed by atoms with E-state index in [9.17, 15) is 0 Å². The van der Waals surface area contributed by atoms with E-state index in [0.717, 1.165) is 33.9 Å². The highest BCUT2D eigenvalue weighted by Crippen LogP contribution is 2.37. The van der Waals surface area contributed by atoms with E-state index in [-0.39, 0.29) is 6.79 Å². The summed E-state index contributed by atoms with van der Waals surface area (Å²) in [5, 5.41) is 0.845. The molecule has 2 aromatic rings. The highest BCUT2D eigenvalue weighted by atomic mass is 79.9. The molecule has 0 aromatic heterocycles. The lowest BCUT2D eigenvalue weighted by molar-refractivity contribution is 0.174. The molecule has 0 unspecified atom stereocenters. The molecule has 4 heteroatoms. The van der Waals surface area contributed by atoms with Crippen LogP contribution in [0.4, 0.5) is 0 Å². The Bertz CT molecular complexity index is 610. The van der Waals surface area contributed by atoms with Gasteiger partial charge in [-0.15, -0.1) is 0 Å². The fourth-order valence-electron chi connectivity index (χ4n) is 1.98. The van der Waals surface area contributed by atoms with Crippen LogP contribution in [0.5, 0.6) is 23.0 Å². The van der Waals surface area contributed by atoms with Crippen molar-refractivity contribution in [2.45, 2.75) is 12.3 Å². The smallest absolute Gasteiger partial charge is 0.231 e. The van der Waals surface area contributed by atoms with Crippen molar-refractivity contribution in [3.8, 4) is 23.0 Å². The molecular weight excluding hydrogens is 308 g/mol. The molecule has 0 saturated heterocycles. The summed E-state index contributed by atoms with van der Waals surface area (Å²) in [7, 11) is 0. The van der Waals surface area contributed by atoms with E-state index in [1.54, 1.807) is 0 Å². The predicted molar refractivity (Wildman–Crippen MR) is 76.4 cm³/mol. The van der Waals surface area contributed by atoms with E-state index in [2.05, 4.69) is 22.0 Å². The summed E-state index contributed by atoms with van der Waals surface area (Å²) in [6.45, 7) is 2.31. The van der Waals surface area contributed by atoms with Crippen LogP contribution in [-0.2, 0) is 5.33 Å². The van der Waals surface area contributed by atoms with Gasteiger partial charge in [-0.2, -0.15) is 0 Å². The second-order valence-corrected chi connectivity index (χ2v) is 4.91. The van der Waals surface area contributed by atoms with Gasteiger partial charge in [0.05, 0.1) is 0 Å². The molecule has 0 bridgehead atoms. The largest absolute Gasteiger partial charge is 0.457 e. The Hall–Kier alpha value is -1.68. The van der Waals surface area contributed by atoms with Crippen LogP contribution in [0.25, 0.3) is 0 Å². The van der Waals surface area contributed by atoms with Crippen molar-refractivity contribution in [3.05, 3.63) is 47.5 Å². The monoisotopic (exact) mass is 320 g/mol. The van der Waals surface area contributed by atoms with Gasteiger partial charge >= 0.3 is 0 Å². The standard InChI is InChI=1S/C15H13BrO3/c1-10-6-11(8-16)2-4-13(10)19-12-3-5-14-15(7-12)18-9-17-14/h2-7H,8-9H2,1H3. The van der Waals surface area contributed by atoms with E-state index < -0.39 is 0 Å². The van der Waals surface area contributed by atoms with Crippen LogP contribution in [0, 0.1) is 6.92 Å². The van der Waals surface area contributed by atoms with Crippen molar-refractivity contribution in [2.24, 2.45) is 0 Å². The van der Waals surface area contributed by atoms with E-state index in [1.807, 2.05) is 37.3 Å². The topological polar surface area (TPSA) is 27.7 Å². The first-order valence-corrected chi connectivity index (χ1v) is 7.11. The molecule has 2 aromatic carbocycles. The third kappa shape index (κ3) is 2.54. The lowest BCUT2D eigenvalue weighted by Crippen LogP contribution is -1.93. The van der Waals surface area contributed by atoms with E-state index in [1.165, 1.54) is 5.56 Å². The molecule has 98 valence electrons. The minimum absolute atomic E-state index is 0.276. The van der Waals surface area contributed by atoms with E-state index in [4.69, 9.17) is 14.2 Å². The fraction of sp³-hybridized carbons (Fsp3) is 0.200. The second kappa shape index (κ2) is 5.13. The number of hydrogen-bond acceptors (Lipinski definition) is 3. The number of fused-ring (bicyclic) bond motifs is 1. The molecular formula is C15H13BrO3. The highest BCUT2D eigenvalue weighted by Gasteiger charge is 2.14. The quantitative estimate of drug-likeness (QED) is 0.784. The van der Waals surface area contributed by atoms with Crippen LogP contribution in [0.1, 0.15) is 11.1 Å². The highest BCUT2D eigenvalue weighted by molar-refractivity contribution is 9.08. The number of rotatable bonds is 3. The number of hydrogen-bond donors (Lipinski definition) is 0. The van der Waals surface area contributed by atoms with Crippen molar-refractivity contribution in [1.29, 1.82) is 0 Å². The number of ether oxygens (including phenoxy) is 3. The second-order valence-electron chi connectivity index (χ2n) is 4.35. The van der Waals surface area contributed by atoms with Crippen LogP contribution in [-0.4, -0.2) is 6.79 Å². The molecule has 3 nitrogen and oxygen atoms in total. The van der Waals surface area contributed by atoms with Crippen LogP contribution < -0.4 is 14.2 Å². The van der Waals surface area contributed by atoms with Crippen LogP contribution in [0.2, 0.25) is 0 Å². The zero-order valence-electron chi connectivity index (χ0n) is 10.5. The summed E-state index contributed by atoms with van der Waals surface area (Å²) >= 11 is 3.45. The van der Waals surface area contributed by atoms with E-state index in [0.29, 0.717) is 0 Å². The minimum Gasteiger partial charge on any atom is -0.457 e. The SMILES string of the molecule is Cc1cc(CBr)ccc1Oc1ccc2c(c1)OCO2. The zero-order valence-corrected chi connectivity index (χ0v) is 12.1. The number of aryl methyl sites for hydroxylation is 1. The third-order valence-corrected chi connectivity index (χ3v) is 3.61. The first-order valence-electron chi connectivity index (χ1n) is 5.99. The maximum Gasteiger partial charge on any atom is 0.231 e.